The first kappa shape index (κ1) is 11.9. The Labute approximate surface area is 79.2 Å². The molecule has 5 heteroatoms. The predicted octanol–water partition coefficient (Wildman–Crippen LogP) is 3.11. The SMILES string of the molecule is [CH3][Ge]([CH3])([CH3])[N]=S=[N][Ge]([CH3])([CH3])[CH3]. The fourth-order valence-corrected chi connectivity index (χ4v) is 5.47. The van der Waals surface area contributed by atoms with Gasteiger partial charge in [-0.3, -0.25) is 0 Å². The van der Waals surface area contributed by atoms with E-state index in [1.807, 2.05) is 0 Å². The van der Waals surface area contributed by atoms with Gasteiger partial charge in [-0.2, -0.15) is 0 Å². The van der Waals surface area contributed by atoms with Crippen molar-refractivity contribution in [1.29, 1.82) is 0 Å². The first-order chi connectivity index (χ1) is 4.71. The summed E-state index contributed by atoms with van der Waals surface area (Å²) in [6, 6.07) is 0. The second kappa shape index (κ2) is 4.23. The molecule has 0 aliphatic heterocycles. The third-order valence-corrected chi connectivity index (χ3v) is 9.81. The Bertz CT molecular complexity index is 166. The van der Waals surface area contributed by atoms with E-state index < -0.39 is 27.0 Å². The molecule has 0 amide bonds. The van der Waals surface area contributed by atoms with Crippen molar-refractivity contribution in [2.45, 2.75) is 34.5 Å². The van der Waals surface area contributed by atoms with E-state index in [9.17, 15) is 0 Å². The summed E-state index contributed by atoms with van der Waals surface area (Å²) in [4.78, 5) is 0. The fourth-order valence-electron chi connectivity index (χ4n) is 0.265. The third-order valence-electron chi connectivity index (χ3n) is 0.629. The molecule has 0 aromatic rings. The van der Waals surface area contributed by atoms with Gasteiger partial charge in [0.15, 0.2) is 0 Å². The fraction of sp³-hybridized carbons (Fsp3) is 1.00. The van der Waals surface area contributed by atoms with Crippen molar-refractivity contribution >= 4 is 38.3 Å². The second-order valence-electron chi connectivity index (χ2n) is 4.61. The molecule has 0 saturated carbocycles. The summed E-state index contributed by atoms with van der Waals surface area (Å²) < 4.78 is 9.05. The number of hydrogen-bond acceptors (Lipinski definition) is 2. The summed E-state index contributed by atoms with van der Waals surface area (Å²) in [7, 11) is 0. The minimum absolute atomic E-state index is 1.48. The van der Waals surface area contributed by atoms with Crippen molar-refractivity contribution in [2.75, 3.05) is 0 Å². The summed E-state index contributed by atoms with van der Waals surface area (Å²) in [6.07, 6.45) is 0. The zero-order chi connectivity index (χ0) is 9.12. The molecule has 0 bridgehead atoms. The quantitative estimate of drug-likeness (QED) is 0.699. The Balaban J connectivity index is 4.25. The van der Waals surface area contributed by atoms with Gasteiger partial charge in [0, 0.05) is 0 Å². The zero-order valence-corrected chi connectivity index (χ0v) is 13.3. The maximum atomic E-state index is 4.53. The van der Waals surface area contributed by atoms with E-state index in [1.54, 1.807) is 0 Å². The maximum absolute atomic E-state index is 4.53. The number of nitrogens with zero attached hydrogens (tertiary/aromatic N) is 2. The summed E-state index contributed by atoms with van der Waals surface area (Å²) >= 11 is -1.87. The van der Waals surface area contributed by atoms with Gasteiger partial charge >= 0.3 is 79.5 Å². The van der Waals surface area contributed by atoms with Crippen LogP contribution >= 0.6 is 0 Å². The number of hydrogen-bond donors (Lipinski definition) is 0. The molecule has 11 heavy (non-hydrogen) atoms. The summed E-state index contributed by atoms with van der Waals surface area (Å²) in [6.45, 7) is 0. The molecule has 0 aromatic heterocycles. The Morgan fingerprint density at radius 2 is 1.00 bits per heavy atom. The molecular formula is C6H18Ge2N2S. The Morgan fingerprint density at radius 1 is 0.727 bits per heavy atom. The standard InChI is InChI=1S/C6H18Ge2N2S/c1-7(2,3)9-11-10-8(4,5)6/h1-6H3. The van der Waals surface area contributed by atoms with E-state index in [1.165, 1.54) is 11.4 Å². The molecule has 0 radical (unpaired) electrons. The van der Waals surface area contributed by atoms with Crippen LogP contribution in [0.2, 0.25) is 34.5 Å². The second-order valence-corrected chi connectivity index (χ2v) is 25.7. The van der Waals surface area contributed by atoms with Gasteiger partial charge in [0.25, 0.3) is 0 Å². The summed E-state index contributed by atoms with van der Waals surface area (Å²) in [5.74, 6) is 13.7. The van der Waals surface area contributed by atoms with Crippen LogP contribution in [0.4, 0.5) is 0 Å². The molecule has 2 nitrogen and oxygen atoms in total. The van der Waals surface area contributed by atoms with Crippen LogP contribution in [0, 0.1) is 0 Å². The van der Waals surface area contributed by atoms with Crippen LogP contribution in [0.5, 0.6) is 0 Å². The van der Waals surface area contributed by atoms with Gasteiger partial charge in [-0.05, 0) is 0 Å². The summed E-state index contributed by atoms with van der Waals surface area (Å²) in [5, 5.41) is 0. The van der Waals surface area contributed by atoms with Crippen molar-refractivity contribution in [3.8, 4) is 0 Å². The van der Waals surface area contributed by atoms with Gasteiger partial charge in [-0.1, -0.05) is 0 Å². The van der Waals surface area contributed by atoms with Crippen molar-refractivity contribution in [3.05, 3.63) is 0 Å². The average molecular weight is 296 g/mol. The van der Waals surface area contributed by atoms with E-state index in [0.717, 1.165) is 0 Å². The molecule has 0 fully saturated rings. The molecular weight excluding hydrogens is 277 g/mol. The van der Waals surface area contributed by atoms with E-state index >= 15 is 0 Å². The molecule has 0 saturated heterocycles. The van der Waals surface area contributed by atoms with Crippen LogP contribution in [-0.4, -0.2) is 27.0 Å². The molecule has 0 spiro atoms. The Kier molecular flexibility index (Phi) is 4.58. The van der Waals surface area contributed by atoms with Crippen LogP contribution in [0.15, 0.2) is 6.64 Å². The Morgan fingerprint density at radius 3 is 1.18 bits per heavy atom. The van der Waals surface area contributed by atoms with Gasteiger partial charge in [-0.15, -0.1) is 0 Å². The number of rotatable bonds is 2. The molecule has 0 aliphatic rings. The van der Waals surface area contributed by atoms with Gasteiger partial charge < -0.3 is 0 Å². The zero-order valence-electron chi connectivity index (χ0n) is 8.30. The molecule has 0 aromatic carbocycles. The topological polar surface area (TPSA) is 24.7 Å². The monoisotopic (exact) mass is 298 g/mol. The normalized spacial score (nSPS) is 12.5. The molecule has 0 unspecified atom stereocenters. The minimum atomic E-state index is -1.68. The van der Waals surface area contributed by atoms with E-state index in [-0.39, 0.29) is 0 Å². The van der Waals surface area contributed by atoms with Gasteiger partial charge in [0.2, 0.25) is 0 Å². The molecule has 0 aliphatic carbocycles. The first-order valence-corrected chi connectivity index (χ1v) is 19.0. The van der Waals surface area contributed by atoms with Gasteiger partial charge in [0.1, 0.15) is 0 Å². The molecule has 0 rings (SSSR count). The van der Waals surface area contributed by atoms with Crippen LogP contribution < -0.4 is 0 Å². The van der Waals surface area contributed by atoms with Crippen LogP contribution in [0.25, 0.3) is 0 Å². The van der Waals surface area contributed by atoms with E-state index in [4.69, 9.17) is 0 Å². The van der Waals surface area contributed by atoms with Gasteiger partial charge in [-0.25, -0.2) is 0 Å². The van der Waals surface area contributed by atoms with E-state index in [2.05, 4.69) is 41.2 Å². The summed E-state index contributed by atoms with van der Waals surface area (Å²) in [5.41, 5.74) is 0. The van der Waals surface area contributed by atoms with Crippen molar-refractivity contribution in [1.82, 2.24) is 0 Å². The molecule has 0 atom stereocenters. The first-order valence-electron chi connectivity index (χ1n) is 3.81. The van der Waals surface area contributed by atoms with Crippen molar-refractivity contribution in [2.24, 2.45) is 6.64 Å². The van der Waals surface area contributed by atoms with Crippen molar-refractivity contribution in [3.63, 3.8) is 0 Å². The average Bonchev–Trinajstić information content (AvgIpc) is 1.55. The van der Waals surface area contributed by atoms with Crippen LogP contribution in [0.3, 0.4) is 0 Å². The van der Waals surface area contributed by atoms with Gasteiger partial charge in [0.05, 0.1) is 0 Å². The Hall–Kier alpha value is 0.906. The van der Waals surface area contributed by atoms with Crippen molar-refractivity contribution < 1.29 is 0 Å². The van der Waals surface area contributed by atoms with Crippen LogP contribution in [-0.2, 0) is 11.4 Å². The molecule has 0 N–H and O–H groups in total. The third kappa shape index (κ3) is 10.9. The molecule has 66 valence electrons. The van der Waals surface area contributed by atoms with Crippen LogP contribution in [0.1, 0.15) is 0 Å². The van der Waals surface area contributed by atoms with E-state index in [0.29, 0.717) is 0 Å². The predicted molar refractivity (Wildman–Crippen MR) is 58.9 cm³/mol. The molecule has 0 heterocycles.